The number of carbonyl (C=O) groups excluding carboxylic acids is 2. The van der Waals surface area contributed by atoms with Crippen molar-refractivity contribution in [1.82, 2.24) is 5.32 Å². The van der Waals surface area contributed by atoms with Gasteiger partial charge in [0.15, 0.2) is 0 Å². The van der Waals surface area contributed by atoms with Crippen LogP contribution in [0.15, 0.2) is 66.0 Å². The van der Waals surface area contributed by atoms with Gasteiger partial charge in [0.1, 0.15) is 17.5 Å². The van der Waals surface area contributed by atoms with Crippen molar-refractivity contribution in [1.29, 1.82) is 0 Å². The topological polar surface area (TPSA) is 67.9 Å². The van der Waals surface area contributed by atoms with E-state index in [1.54, 1.807) is 25.2 Å². The highest BCUT2D eigenvalue weighted by atomic mass is 32.1. The van der Waals surface area contributed by atoms with Gasteiger partial charge in [-0.05, 0) is 54.1 Å². The quantitative estimate of drug-likeness (QED) is 0.426. The number of hydrogen-bond donors (Lipinski definition) is 1. The third-order valence-corrected chi connectivity index (χ3v) is 7.25. The van der Waals surface area contributed by atoms with Crippen molar-refractivity contribution in [3.05, 3.63) is 76.5 Å². The maximum atomic E-state index is 13.9. The fourth-order valence-electron chi connectivity index (χ4n) is 4.60. The van der Waals surface area contributed by atoms with Crippen molar-refractivity contribution in [2.45, 2.75) is 50.6 Å². The van der Waals surface area contributed by atoms with Gasteiger partial charge in [0.25, 0.3) is 0 Å². The second-order valence-corrected chi connectivity index (χ2v) is 9.78. The number of nitrogens with one attached hydrogen (secondary N) is 1. The molecule has 1 aromatic heterocycles. The molecule has 1 aliphatic rings. The summed E-state index contributed by atoms with van der Waals surface area (Å²) < 4.78 is 10.9. The van der Waals surface area contributed by atoms with Gasteiger partial charge in [-0.1, -0.05) is 43.5 Å². The molecule has 7 heteroatoms. The summed E-state index contributed by atoms with van der Waals surface area (Å²) in [5.74, 6) is 0.905. The minimum absolute atomic E-state index is 0.115. The van der Waals surface area contributed by atoms with E-state index in [-0.39, 0.29) is 24.3 Å². The molecule has 2 aromatic carbocycles. The number of hydrogen-bond acceptors (Lipinski definition) is 5. The Morgan fingerprint density at radius 1 is 0.971 bits per heavy atom. The highest BCUT2D eigenvalue weighted by Gasteiger charge is 2.34. The van der Waals surface area contributed by atoms with Crippen LogP contribution >= 0.6 is 11.3 Å². The van der Waals surface area contributed by atoms with E-state index in [0.29, 0.717) is 22.7 Å². The number of benzene rings is 2. The molecule has 1 saturated carbocycles. The number of amides is 2. The summed E-state index contributed by atoms with van der Waals surface area (Å²) in [6, 6.07) is 17.8. The Hall–Kier alpha value is -3.32. The zero-order chi connectivity index (χ0) is 24.6. The molecule has 0 spiro atoms. The van der Waals surface area contributed by atoms with E-state index in [9.17, 15) is 9.59 Å². The molecule has 0 radical (unpaired) electrons. The largest absolute Gasteiger partial charge is 0.497 e. The van der Waals surface area contributed by atoms with Gasteiger partial charge in [0, 0.05) is 22.7 Å². The van der Waals surface area contributed by atoms with Crippen molar-refractivity contribution in [3.8, 4) is 11.5 Å². The molecule has 1 unspecified atom stereocenters. The molecule has 0 saturated heterocycles. The third-order valence-electron chi connectivity index (χ3n) is 6.37. The minimum atomic E-state index is -0.855. The first kappa shape index (κ1) is 24.8. The predicted molar refractivity (Wildman–Crippen MR) is 139 cm³/mol. The van der Waals surface area contributed by atoms with Crippen LogP contribution in [0, 0.1) is 0 Å². The van der Waals surface area contributed by atoms with E-state index in [1.165, 1.54) is 17.8 Å². The van der Waals surface area contributed by atoms with Crippen LogP contribution in [0.3, 0.4) is 0 Å². The van der Waals surface area contributed by atoms with E-state index >= 15 is 0 Å². The van der Waals surface area contributed by atoms with E-state index in [4.69, 9.17) is 9.47 Å². The Morgan fingerprint density at radius 3 is 2.37 bits per heavy atom. The lowest BCUT2D eigenvalue weighted by Gasteiger charge is -2.33. The van der Waals surface area contributed by atoms with E-state index in [1.807, 2.05) is 60.0 Å². The summed E-state index contributed by atoms with van der Waals surface area (Å²) >= 11 is 1.53. The molecule has 1 heterocycles. The SMILES string of the molecule is COc1cccc(C(C(=O)NC2CCCCC2)N(C(=O)Cc2cccs2)c2cccc(OC)c2)c1. The zero-order valence-corrected chi connectivity index (χ0v) is 21.1. The second kappa shape index (κ2) is 11.9. The highest BCUT2D eigenvalue weighted by Crippen LogP contribution is 2.33. The molecule has 3 aromatic rings. The molecule has 0 aliphatic heterocycles. The monoisotopic (exact) mass is 492 g/mol. The molecule has 4 rings (SSSR count). The summed E-state index contributed by atoms with van der Waals surface area (Å²) in [7, 11) is 3.18. The number of ether oxygens (including phenoxy) is 2. The number of carbonyl (C=O) groups is 2. The molecule has 2 amide bonds. The van der Waals surface area contributed by atoms with Crippen LogP contribution in [0.1, 0.15) is 48.6 Å². The maximum Gasteiger partial charge on any atom is 0.248 e. The fraction of sp³-hybridized carbons (Fsp3) is 0.357. The summed E-state index contributed by atoms with van der Waals surface area (Å²) in [4.78, 5) is 30.3. The molecular weight excluding hydrogens is 460 g/mol. The van der Waals surface area contributed by atoms with E-state index in [2.05, 4.69) is 5.32 Å². The van der Waals surface area contributed by atoms with Gasteiger partial charge < -0.3 is 14.8 Å². The maximum absolute atomic E-state index is 13.9. The van der Waals surface area contributed by atoms with Crippen LogP contribution in [0.2, 0.25) is 0 Å². The lowest BCUT2D eigenvalue weighted by molar-refractivity contribution is -0.127. The second-order valence-electron chi connectivity index (χ2n) is 8.74. The van der Waals surface area contributed by atoms with Crippen LogP contribution in [0.25, 0.3) is 0 Å². The Labute approximate surface area is 210 Å². The molecule has 0 bridgehead atoms. The van der Waals surface area contributed by atoms with Gasteiger partial charge in [-0.15, -0.1) is 11.3 Å². The number of methoxy groups -OCH3 is 2. The van der Waals surface area contributed by atoms with Crippen molar-refractivity contribution in [2.75, 3.05) is 19.1 Å². The van der Waals surface area contributed by atoms with E-state index in [0.717, 1.165) is 30.6 Å². The zero-order valence-electron chi connectivity index (χ0n) is 20.2. The molecule has 6 nitrogen and oxygen atoms in total. The summed E-state index contributed by atoms with van der Waals surface area (Å²) in [5.41, 5.74) is 1.30. The van der Waals surface area contributed by atoms with Crippen LogP contribution < -0.4 is 19.7 Å². The Kier molecular flexibility index (Phi) is 8.42. The number of rotatable bonds is 9. The van der Waals surface area contributed by atoms with Crippen molar-refractivity contribution >= 4 is 28.8 Å². The third kappa shape index (κ3) is 6.22. The van der Waals surface area contributed by atoms with Gasteiger partial charge in [0.2, 0.25) is 11.8 Å². The van der Waals surface area contributed by atoms with Crippen molar-refractivity contribution in [3.63, 3.8) is 0 Å². The van der Waals surface area contributed by atoms with Crippen LogP contribution in [0.4, 0.5) is 5.69 Å². The Morgan fingerprint density at radius 2 is 1.69 bits per heavy atom. The van der Waals surface area contributed by atoms with Crippen molar-refractivity contribution < 1.29 is 19.1 Å². The van der Waals surface area contributed by atoms with Crippen LogP contribution in [-0.2, 0) is 16.0 Å². The summed E-state index contributed by atoms with van der Waals surface area (Å²) in [6.45, 7) is 0. The first-order valence-electron chi connectivity index (χ1n) is 12.0. The van der Waals surface area contributed by atoms with Gasteiger partial charge in [-0.3, -0.25) is 14.5 Å². The number of nitrogens with zero attached hydrogens (tertiary/aromatic N) is 1. The lowest BCUT2D eigenvalue weighted by Crippen LogP contribution is -2.47. The van der Waals surface area contributed by atoms with E-state index < -0.39 is 6.04 Å². The summed E-state index contributed by atoms with van der Waals surface area (Å²) in [6.07, 6.45) is 5.52. The minimum Gasteiger partial charge on any atom is -0.497 e. The molecular formula is C28H32N2O4S. The molecule has 1 aliphatic carbocycles. The predicted octanol–water partition coefficient (Wildman–Crippen LogP) is 5.53. The molecule has 184 valence electrons. The van der Waals surface area contributed by atoms with Gasteiger partial charge >= 0.3 is 0 Å². The average molecular weight is 493 g/mol. The Balaban J connectivity index is 1.78. The highest BCUT2D eigenvalue weighted by molar-refractivity contribution is 7.10. The summed E-state index contributed by atoms with van der Waals surface area (Å²) in [5, 5.41) is 5.20. The van der Waals surface area contributed by atoms with Crippen LogP contribution in [0.5, 0.6) is 11.5 Å². The lowest BCUT2D eigenvalue weighted by atomic mass is 9.94. The smallest absolute Gasteiger partial charge is 0.248 e. The van der Waals surface area contributed by atoms with Gasteiger partial charge in [-0.25, -0.2) is 0 Å². The number of thiophene rings is 1. The fourth-order valence-corrected chi connectivity index (χ4v) is 5.30. The van der Waals surface area contributed by atoms with Crippen molar-refractivity contribution in [2.24, 2.45) is 0 Å². The standard InChI is InChI=1S/C28H32N2O4S/c1-33-23-13-6-9-20(17-23)27(28(32)29-21-10-4-3-5-11-21)30(22-12-7-14-24(18-22)34-2)26(31)19-25-15-8-16-35-25/h6-9,12-18,21,27H,3-5,10-11,19H2,1-2H3,(H,29,32). The first-order valence-corrected chi connectivity index (χ1v) is 12.9. The first-order chi connectivity index (χ1) is 17.1. The number of anilines is 1. The molecule has 1 fully saturated rings. The molecule has 35 heavy (non-hydrogen) atoms. The van der Waals surface area contributed by atoms with Gasteiger partial charge in [-0.2, -0.15) is 0 Å². The normalized spacial score (nSPS) is 14.7. The molecule has 1 N–H and O–H groups in total. The average Bonchev–Trinajstić information content (AvgIpc) is 3.40. The van der Waals surface area contributed by atoms with Crippen LogP contribution in [-0.4, -0.2) is 32.1 Å². The van der Waals surface area contributed by atoms with Gasteiger partial charge in [0.05, 0.1) is 20.6 Å². The Bertz CT molecular complexity index is 1130. The molecule has 1 atom stereocenters.